The topological polar surface area (TPSA) is 109 Å². The minimum atomic E-state index is 0.0983. The predicted molar refractivity (Wildman–Crippen MR) is 105 cm³/mol. The lowest BCUT2D eigenvalue weighted by atomic mass is 10.1. The summed E-state index contributed by atoms with van der Waals surface area (Å²) in [7, 11) is 0. The molecule has 0 aliphatic heterocycles. The zero-order valence-corrected chi connectivity index (χ0v) is 15.0. The number of rotatable bonds is 4. The Morgan fingerprint density at radius 1 is 0.852 bits per heavy atom. The minimum absolute atomic E-state index is 0.0983. The van der Waals surface area contributed by atoms with Gasteiger partial charge in [-0.2, -0.15) is 20.1 Å². The van der Waals surface area contributed by atoms with Crippen LogP contribution in [0.1, 0.15) is 11.5 Å². The van der Waals surface area contributed by atoms with Crippen LogP contribution in [0.5, 0.6) is 0 Å². The van der Waals surface area contributed by atoms with Crippen LogP contribution in [0.15, 0.2) is 60.7 Å². The molecule has 8 heteroatoms. The molecule has 4 aromatic rings. The number of halogens is 1. The first kappa shape index (κ1) is 17.0. The molecule has 0 aliphatic carbocycles. The van der Waals surface area contributed by atoms with E-state index >= 15 is 0 Å². The van der Waals surface area contributed by atoms with Gasteiger partial charge in [0.25, 0.3) is 0 Å². The van der Waals surface area contributed by atoms with Crippen LogP contribution in [0.3, 0.4) is 0 Å². The highest BCUT2D eigenvalue weighted by atomic mass is 35.5. The van der Waals surface area contributed by atoms with Crippen LogP contribution < -0.4 is 11.5 Å². The van der Waals surface area contributed by atoms with Crippen LogP contribution in [-0.4, -0.2) is 24.7 Å². The van der Waals surface area contributed by atoms with Gasteiger partial charge in [0, 0.05) is 10.6 Å². The fraction of sp³-hybridized carbons (Fsp3) is 0.0526. The van der Waals surface area contributed by atoms with Crippen molar-refractivity contribution in [3.8, 4) is 16.9 Å². The molecule has 27 heavy (non-hydrogen) atoms. The van der Waals surface area contributed by atoms with Crippen LogP contribution in [-0.2, 0) is 6.42 Å². The van der Waals surface area contributed by atoms with E-state index < -0.39 is 0 Å². The Hall–Kier alpha value is -3.45. The van der Waals surface area contributed by atoms with Gasteiger partial charge in [-0.25, -0.2) is 4.68 Å². The summed E-state index contributed by atoms with van der Waals surface area (Å²) in [5.74, 6) is 0.683. The number of hydrogen-bond donors (Lipinski definition) is 2. The first-order chi connectivity index (χ1) is 13.1. The lowest BCUT2D eigenvalue weighted by Gasteiger charge is -2.07. The number of aromatic nitrogens is 5. The van der Waals surface area contributed by atoms with E-state index in [-0.39, 0.29) is 11.9 Å². The summed E-state index contributed by atoms with van der Waals surface area (Å²) >= 11 is 6.00. The van der Waals surface area contributed by atoms with Gasteiger partial charge in [-0.05, 0) is 30.3 Å². The Morgan fingerprint density at radius 2 is 1.52 bits per heavy atom. The van der Waals surface area contributed by atoms with Crippen molar-refractivity contribution >= 4 is 23.5 Å². The van der Waals surface area contributed by atoms with Crippen LogP contribution in [0.4, 0.5) is 11.9 Å². The predicted octanol–water partition coefficient (Wildman–Crippen LogP) is 3.13. The molecule has 0 bridgehead atoms. The Morgan fingerprint density at radius 3 is 2.19 bits per heavy atom. The van der Waals surface area contributed by atoms with E-state index in [1.54, 1.807) is 0 Å². The van der Waals surface area contributed by atoms with E-state index in [4.69, 9.17) is 28.2 Å². The molecule has 0 saturated carbocycles. The van der Waals surface area contributed by atoms with E-state index in [1.807, 2.05) is 65.3 Å². The molecule has 2 aromatic carbocycles. The van der Waals surface area contributed by atoms with Gasteiger partial charge >= 0.3 is 0 Å². The molecular weight excluding hydrogens is 362 g/mol. The van der Waals surface area contributed by atoms with Gasteiger partial charge in [0.1, 0.15) is 5.82 Å². The standard InChI is InChI=1S/C19H16ClN7/c20-13-8-6-12(7-9-13)16-10-15(11-17-23-18(21)25-19(22)24-17)27(26-16)14-4-2-1-3-5-14/h1-10H,11H2,(H4,21,22,23,24,25). The summed E-state index contributed by atoms with van der Waals surface area (Å²) < 4.78 is 1.86. The largest absolute Gasteiger partial charge is 0.368 e. The number of nitrogen functional groups attached to an aromatic ring is 2. The Kier molecular flexibility index (Phi) is 4.43. The van der Waals surface area contributed by atoms with E-state index in [1.165, 1.54) is 0 Å². The molecule has 7 nitrogen and oxygen atoms in total. The van der Waals surface area contributed by atoms with E-state index in [9.17, 15) is 0 Å². The summed E-state index contributed by atoms with van der Waals surface area (Å²) in [6.07, 6.45) is 0.409. The van der Waals surface area contributed by atoms with Gasteiger partial charge in [-0.15, -0.1) is 0 Å². The molecular formula is C19H16ClN7. The third kappa shape index (κ3) is 3.73. The fourth-order valence-electron chi connectivity index (χ4n) is 2.80. The second-order valence-corrected chi connectivity index (χ2v) is 6.36. The quantitative estimate of drug-likeness (QED) is 0.565. The highest BCUT2D eigenvalue weighted by Gasteiger charge is 2.14. The van der Waals surface area contributed by atoms with Crippen molar-refractivity contribution < 1.29 is 0 Å². The molecule has 0 spiro atoms. The maximum absolute atomic E-state index is 6.00. The third-order valence-electron chi connectivity index (χ3n) is 3.98. The van der Waals surface area contributed by atoms with Gasteiger partial charge in [0.05, 0.1) is 23.5 Å². The zero-order chi connectivity index (χ0) is 18.8. The summed E-state index contributed by atoms with van der Waals surface area (Å²) in [4.78, 5) is 12.2. The summed E-state index contributed by atoms with van der Waals surface area (Å²) in [6.45, 7) is 0. The maximum atomic E-state index is 6.00. The molecule has 4 N–H and O–H groups in total. The van der Waals surface area contributed by atoms with Crippen molar-refractivity contribution in [2.24, 2.45) is 0 Å². The van der Waals surface area contributed by atoms with Crippen LogP contribution >= 0.6 is 11.6 Å². The number of nitrogens with two attached hydrogens (primary N) is 2. The summed E-state index contributed by atoms with van der Waals surface area (Å²) in [5.41, 5.74) is 15.0. The van der Waals surface area contributed by atoms with Gasteiger partial charge in [-0.3, -0.25) is 0 Å². The SMILES string of the molecule is Nc1nc(N)nc(Cc2cc(-c3ccc(Cl)cc3)nn2-c2ccccc2)n1. The van der Waals surface area contributed by atoms with Crippen molar-refractivity contribution in [3.05, 3.63) is 77.2 Å². The molecule has 0 aliphatic rings. The summed E-state index contributed by atoms with van der Waals surface area (Å²) in [6, 6.07) is 19.4. The molecule has 0 saturated heterocycles. The monoisotopic (exact) mass is 377 g/mol. The van der Waals surface area contributed by atoms with E-state index in [0.29, 0.717) is 17.3 Å². The first-order valence-corrected chi connectivity index (χ1v) is 8.62. The van der Waals surface area contributed by atoms with E-state index in [0.717, 1.165) is 22.6 Å². The molecule has 4 rings (SSSR count). The molecule has 0 atom stereocenters. The highest BCUT2D eigenvalue weighted by molar-refractivity contribution is 6.30. The first-order valence-electron chi connectivity index (χ1n) is 8.25. The van der Waals surface area contributed by atoms with Gasteiger partial charge < -0.3 is 11.5 Å². The Labute approximate surface area is 160 Å². The second kappa shape index (κ2) is 7.05. The van der Waals surface area contributed by atoms with Gasteiger partial charge in [0.2, 0.25) is 11.9 Å². The molecule has 134 valence electrons. The number of para-hydroxylation sites is 1. The van der Waals surface area contributed by atoms with Crippen molar-refractivity contribution in [2.75, 3.05) is 11.5 Å². The number of anilines is 2. The van der Waals surface area contributed by atoms with Crippen LogP contribution in [0.2, 0.25) is 5.02 Å². The average Bonchev–Trinajstić information content (AvgIpc) is 3.06. The lowest BCUT2D eigenvalue weighted by Crippen LogP contribution is -2.09. The Bertz CT molecular complexity index is 1050. The highest BCUT2D eigenvalue weighted by Crippen LogP contribution is 2.24. The van der Waals surface area contributed by atoms with Crippen molar-refractivity contribution in [1.82, 2.24) is 24.7 Å². The second-order valence-electron chi connectivity index (χ2n) is 5.92. The lowest BCUT2D eigenvalue weighted by molar-refractivity contribution is 0.803. The van der Waals surface area contributed by atoms with Crippen LogP contribution in [0.25, 0.3) is 16.9 Å². The van der Waals surface area contributed by atoms with Gasteiger partial charge in [0.15, 0.2) is 0 Å². The number of nitrogens with zero attached hydrogens (tertiary/aromatic N) is 5. The molecule has 0 amide bonds. The van der Waals surface area contributed by atoms with Crippen LogP contribution in [0, 0.1) is 0 Å². The Balaban J connectivity index is 1.79. The molecule has 0 radical (unpaired) electrons. The molecule has 2 aromatic heterocycles. The minimum Gasteiger partial charge on any atom is -0.368 e. The molecule has 0 unspecified atom stereocenters. The summed E-state index contributed by atoms with van der Waals surface area (Å²) in [5, 5.41) is 5.44. The number of benzene rings is 2. The van der Waals surface area contributed by atoms with Crippen molar-refractivity contribution in [1.29, 1.82) is 0 Å². The van der Waals surface area contributed by atoms with Crippen molar-refractivity contribution in [2.45, 2.75) is 6.42 Å². The maximum Gasteiger partial charge on any atom is 0.225 e. The van der Waals surface area contributed by atoms with Crippen molar-refractivity contribution in [3.63, 3.8) is 0 Å². The molecule has 0 fully saturated rings. The molecule has 2 heterocycles. The number of hydrogen-bond acceptors (Lipinski definition) is 6. The fourth-order valence-corrected chi connectivity index (χ4v) is 2.92. The van der Waals surface area contributed by atoms with Gasteiger partial charge in [-0.1, -0.05) is 41.9 Å². The zero-order valence-electron chi connectivity index (χ0n) is 14.2. The normalized spacial score (nSPS) is 10.9. The third-order valence-corrected chi connectivity index (χ3v) is 4.23. The van der Waals surface area contributed by atoms with E-state index in [2.05, 4.69) is 15.0 Å². The smallest absolute Gasteiger partial charge is 0.225 e. The average molecular weight is 378 g/mol.